The Hall–Kier alpha value is -1.83. The lowest BCUT2D eigenvalue weighted by atomic mass is 10.0. The fraction of sp³-hybridized carbons (Fsp3) is 0.286. The predicted octanol–water partition coefficient (Wildman–Crippen LogP) is 2.01. The first-order valence-electron chi connectivity index (χ1n) is 5.92. The van der Waals surface area contributed by atoms with E-state index in [0.29, 0.717) is 17.9 Å². The van der Waals surface area contributed by atoms with Gasteiger partial charge in [0.2, 0.25) is 0 Å². The average Bonchev–Trinajstić information content (AvgIpc) is 2.39. The standard InChI is InChI=1S/C14H13ClN2O2/c1-10(18)8-9-17-14(19)7-6-13(16-17)11-2-4-12(15)5-3-11/h2-5,10,18H,6-7H2,1H3. The molecule has 1 aliphatic rings. The lowest BCUT2D eigenvalue weighted by Gasteiger charge is -2.18. The van der Waals surface area contributed by atoms with Crippen LogP contribution in [0.4, 0.5) is 0 Å². The molecule has 1 heterocycles. The summed E-state index contributed by atoms with van der Waals surface area (Å²) >= 11 is 5.83. The second kappa shape index (κ2) is 5.87. The number of hydrazone groups is 1. The van der Waals surface area contributed by atoms with Crippen LogP contribution < -0.4 is 0 Å². The second-order valence-electron chi connectivity index (χ2n) is 4.19. The molecular weight excluding hydrogens is 264 g/mol. The van der Waals surface area contributed by atoms with Gasteiger partial charge in [0.1, 0.15) is 6.10 Å². The normalized spacial score (nSPS) is 16.5. The molecule has 0 spiro atoms. The van der Waals surface area contributed by atoms with Gasteiger partial charge in [0, 0.05) is 23.9 Å². The monoisotopic (exact) mass is 276 g/mol. The number of rotatable bonds is 1. The van der Waals surface area contributed by atoms with Crippen LogP contribution in [-0.4, -0.2) is 27.8 Å². The Morgan fingerprint density at radius 3 is 2.68 bits per heavy atom. The molecule has 1 amide bonds. The third kappa shape index (κ3) is 3.57. The van der Waals surface area contributed by atoms with Gasteiger partial charge in [0.05, 0.1) is 5.71 Å². The molecule has 4 nitrogen and oxygen atoms in total. The van der Waals surface area contributed by atoms with Crippen molar-refractivity contribution in [3.05, 3.63) is 34.9 Å². The van der Waals surface area contributed by atoms with Crippen LogP contribution in [0.3, 0.4) is 0 Å². The highest BCUT2D eigenvalue weighted by molar-refractivity contribution is 6.30. The van der Waals surface area contributed by atoms with Crippen LogP contribution in [0.25, 0.3) is 0 Å². The smallest absolute Gasteiger partial charge is 0.255 e. The van der Waals surface area contributed by atoms with Gasteiger partial charge in [-0.2, -0.15) is 10.1 Å². The van der Waals surface area contributed by atoms with Gasteiger partial charge in [-0.1, -0.05) is 23.7 Å². The lowest BCUT2D eigenvalue weighted by Crippen LogP contribution is -2.28. The van der Waals surface area contributed by atoms with E-state index in [-0.39, 0.29) is 5.91 Å². The average molecular weight is 277 g/mol. The summed E-state index contributed by atoms with van der Waals surface area (Å²) in [6.07, 6.45) is 0.146. The van der Waals surface area contributed by atoms with Crippen molar-refractivity contribution >= 4 is 23.2 Å². The number of benzene rings is 1. The number of carbonyl (C=O) groups is 1. The van der Waals surface area contributed by atoms with E-state index in [1.807, 2.05) is 12.1 Å². The predicted molar refractivity (Wildman–Crippen MR) is 73.5 cm³/mol. The summed E-state index contributed by atoms with van der Waals surface area (Å²) in [6.45, 7) is 1.53. The number of hydrogen-bond acceptors (Lipinski definition) is 3. The molecule has 1 aliphatic heterocycles. The minimum absolute atomic E-state index is 0.161. The number of halogens is 1. The molecule has 0 bridgehead atoms. The summed E-state index contributed by atoms with van der Waals surface area (Å²) < 4.78 is 0. The van der Waals surface area contributed by atoms with Gasteiger partial charge in [-0.15, -0.1) is 0 Å². The molecule has 98 valence electrons. The number of amides is 1. The molecule has 5 heteroatoms. The van der Waals surface area contributed by atoms with Crippen molar-refractivity contribution < 1.29 is 9.90 Å². The molecule has 2 rings (SSSR count). The molecule has 1 aromatic rings. The Morgan fingerprint density at radius 1 is 1.37 bits per heavy atom. The number of aliphatic hydroxyl groups excluding tert-OH is 1. The largest absolute Gasteiger partial charge is 0.381 e. The fourth-order valence-electron chi connectivity index (χ4n) is 1.64. The Labute approximate surface area is 116 Å². The van der Waals surface area contributed by atoms with E-state index in [1.54, 1.807) is 12.1 Å². The van der Waals surface area contributed by atoms with Crippen LogP contribution in [0.2, 0.25) is 5.02 Å². The summed E-state index contributed by atoms with van der Waals surface area (Å²) in [5.74, 6) is 2.35. The molecular formula is C14H13ClN2O2. The SMILES string of the molecule is CC(O)C#CN1N=C(c2ccc(Cl)cc2)CCC1=O. The maximum atomic E-state index is 11.7. The van der Waals surface area contributed by atoms with Gasteiger partial charge >= 0.3 is 0 Å². The summed E-state index contributed by atoms with van der Waals surface area (Å²) in [5, 5.41) is 15.1. The number of carbonyl (C=O) groups excluding carboxylic acids is 1. The molecule has 19 heavy (non-hydrogen) atoms. The molecule has 0 saturated carbocycles. The molecule has 1 N–H and O–H groups in total. The lowest BCUT2D eigenvalue weighted by molar-refractivity contribution is -0.128. The summed E-state index contributed by atoms with van der Waals surface area (Å²) in [6, 6.07) is 9.83. The number of hydrogen-bond donors (Lipinski definition) is 1. The van der Waals surface area contributed by atoms with Gasteiger partial charge in [0.25, 0.3) is 5.91 Å². The zero-order valence-electron chi connectivity index (χ0n) is 10.4. The zero-order valence-corrected chi connectivity index (χ0v) is 11.2. The van der Waals surface area contributed by atoms with E-state index in [2.05, 4.69) is 17.1 Å². The molecule has 0 aliphatic carbocycles. The van der Waals surface area contributed by atoms with Crippen molar-refractivity contribution in [2.24, 2.45) is 5.10 Å². The first kappa shape index (κ1) is 13.6. The zero-order chi connectivity index (χ0) is 13.8. The third-order valence-electron chi connectivity index (χ3n) is 2.59. The Balaban J connectivity index is 2.27. The highest BCUT2D eigenvalue weighted by atomic mass is 35.5. The maximum absolute atomic E-state index is 11.7. The van der Waals surface area contributed by atoms with Crippen LogP contribution >= 0.6 is 11.6 Å². The number of aliphatic hydroxyl groups is 1. The van der Waals surface area contributed by atoms with Crippen LogP contribution in [0, 0.1) is 12.0 Å². The van der Waals surface area contributed by atoms with Crippen LogP contribution in [0.5, 0.6) is 0 Å². The van der Waals surface area contributed by atoms with Crippen LogP contribution in [0.15, 0.2) is 29.4 Å². The highest BCUT2D eigenvalue weighted by Gasteiger charge is 2.20. The van der Waals surface area contributed by atoms with Crippen molar-refractivity contribution in [1.29, 1.82) is 0 Å². The quantitative estimate of drug-likeness (QED) is 0.798. The maximum Gasteiger partial charge on any atom is 0.255 e. The van der Waals surface area contributed by atoms with Crippen molar-refractivity contribution in [3.63, 3.8) is 0 Å². The summed E-state index contributed by atoms with van der Waals surface area (Å²) in [7, 11) is 0. The van der Waals surface area contributed by atoms with Crippen molar-refractivity contribution in [2.75, 3.05) is 0 Å². The fourth-order valence-corrected chi connectivity index (χ4v) is 1.77. The van der Waals surface area contributed by atoms with Crippen molar-refractivity contribution in [2.45, 2.75) is 25.9 Å². The van der Waals surface area contributed by atoms with E-state index in [9.17, 15) is 4.79 Å². The minimum atomic E-state index is -0.788. The van der Waals surface area contributed by atoms with E-state index >= 15 is 0 Å². The van der Waals surface area contributed by atoms with Crippen LogP contribution in [0.1, 0.15) is 25.3 Å². The van der Waals surface area contributed by atoms with Gasteiger partial charge < -0.3 is 5.11 Å². The molecule has 0 saturated heterocycles. The first-order valence-corrected chi connectivity index (χ1v) is 6.29. The van der Waals surface area contributed by atoms with Crippen LogP contribution in [-0.2, 0) is 4.79 Å². The minimum Gasteiger partial charge on any atom is -0.381 e. The summed E-state index contributed by atoms with van der Waals surface area (Å²) in [5.41, 5.74) is 1.71. The first-order chi connectivity index (χ1) is 9.06. The van der Waals surface area contributed by atoms with E-state index in [1.165, 1.54) is 6.92 Å². The van der Waals surface area contributed by atoms with Crippen molar-refractivity contribution in [1.82, 2.24) is 5.01 Å². The molecule has 0 fully saturated rings. The number of nitrogens with zero attached hydrogens (tertiary/aromatic N) is 2. The molecule has 1 aromatic carbocycles. The topological polar surface area (TPSA) is 52.9 Å². The van der Waals surface area contributed by atoms with E-state index in [0.717, 1.165) is 16.3 Å². The molecule has 0 aromatic heterocycles. The van der Waals surface area contributed by atoms with Gasteiger partial charge in [-0.3, -0.25) is 4.79 Å². The van der Waals surface area contributed by atoms with Crippen molar-refractivity contribution in [3.8, 4) is 12.0 Å². The molecule has 1 atom stereocenters. The molecule has 1 unspecified atom stereocenters. The third-order valence-corrected chi connectivity index (χ3v) is 2.84. The molecule has 0 radical (unpaired) electrons. The van der Waals surface area contributed by atoms with Gasteiger partial charge in [-0.25, -0.2) is 0 Å². The second-order valence-corrected chi connectivity index (χ2v) is 4.63. The van der Waals surface area contributed by atoms with E-state index in [4.69, 9.17) is 16.7 Å². The highest BCUT2D eigenvalue weighted by Crippen LogP contribution is 2.17. The Morgan fingerprint density at radius 2 is 2.05 bits per heavy atom. The van der Waals surface area contributed by atoms with Gasteiger partial charge in [0.15, 0.2) is 0 Å². The van der Waals surface area contributed by atoms with Gasteiger partial charge in [-0.05, 0) is 30.5 Å². The Kier molecular flexibility index (Phi) is 4.20. The summed E-state index contributed by atoms with van der Waals surface area (Å²) in [4.78, 5) is 11.7. The Bertz CT molecular complexity index is 567. The van der Waals surface area contributed by atoms with E-state index < -0.39 is 6.10 Å².